The lowest BCUT2D eigenvalue weighted by Crippen LogP contribution is -2.02. The van der Waals surface area contributed by atoms with Gasteiger partial charge in [0.1, 0.15) is 0 Å². The van der Waals surface area contributed by atoms with Crippen molar-refractivity contribution in [3.63, 3.8) is 0 Å². The highest BCUT2D eigenvalue weighted by molar-refractivity contribution is 4.92. The predicted molar refractivity (Wildman–Crippen MR) is 57.8 cm³/mol. The van der Waals surface area contributed by atoms with Crippen LogP contribution < -0.4 is 0 Å². The minimum atomic E-state index is 0.661. The van der Waals surface area contributed by atoms with Crippen LogP contribution in [0.5, 0.6) is 0 Å². The first-order chi connectivity index (χ1) is 6.20. The van der Waals surface area contributed by atoms with E-state index in [9.17, 15) is 0 Å². The summed E-state index contributed by atoms with van der Waals surface area (Å²) in [5.41, 5.74) is 0. The van der Waals surface area contributed by atoms with E-state index >= 15 is 0 Å². The highest BCUT2D eigenvalue weighted by Gasteiger charge is 2.02. The van der Waals surface area contributed by atoms with Crippen molar-refractivity contribution in [2.45, 2.75) is 46.1 Å². The van der Waals surface area contributed by atoms with Crippen LogP contribution in [0.4, 0.5) is 0 Å². The number of hydrogen-bond donors (Lipinski definition) is 0. The molecule has 0 N–H and O–H groups in total. The number of hydrogen-bond acceptors (Lipinski definition) is 0. The summed E-state index contributed by atoms with van der Waals surface area (Å²) >= 11 is 0. The zero-order valence-electron chi connectivity index (χ0n) is 9.03. The first-order valence-electron chi connectivity index (χ1n) is 5.32. The van der Waals surface area contributed by atoms with Crippen LogP contribution in [0.2, 0.25) is 0 Å². The van der Waals surface area contributed by atoms with Gasteiger partial charge in [0.2, 0.25) is 0 Å². The molecule has 0 aliphatic rings. The van der Waals surface area contributed by atoms with Gasteiger partial charge >= 0.3 is 0 Å². The molecule has 0 aliphatic heterocycles. The van der Waals surface area contributed by atoms with Crippen LogP contribution in [-0.2, 0) is 0 Å². The van der Waals surface area contributed by atoms with Gasteiger partial charge < -0.3 is 4.57 Å². The molecule has 74 valence electrons. The van der Waals surface area contributed by atoms with Gasteiger partial charge in [0, 0.05) is 18.4 Å². The van der Waals surface area contributed by atoms with E-state index in [-0.39, 0.29) is 0 Å². The molecule has 1 heteroatoms. The molecule has 0 saturated heterocycles. The molecule has 0 saturated carbocycles. The van der Waals surface area contributed by atoms with E-state index in [4.69, 9.17) is 0 Å². The average molecular weight is 179 g/mol. The van der Waals surface area contributed by atoms with Crippen LogP contribution in [0.1, 0.15) is 46.1 Å². The second-order valence-electron chi connectivity index (χ2n) is 4.30. The largest absolute Gasteiger partial charge is 0.352 e. The molecule has 0 bridgehead atoms. The van der Waals surface area contributed by atoms with Crippen molar-refractivity contribution in [2.24, 2.45) is 5.92 Å². The highest BCUT2D eigenvalue weighted by Crippen LogP contribution is 2.16. The molecule has 0 aromatic carbocycles. The summed E-state index contributed by atoms with van der Waals surface area (Å²) < 4.78 is 2.29. The summed E-state index contributed by atoms with van der Waals surface area (Å²) in [7, 11) is 0. The smallest absolute Gasteiger partial charge is 0.0302 e. The molecule has 0 amide bonds. The van der Waals surface area contributed by atoms with Crippen molar-refractivity contribution in [2.75, 3.05) is 0 Å². The molecule has 1 rings (SSSR count). The molecule has 1 heterocycles. The summed E-state index contributed by atoms with van der Waals surface area (Å²) in [6, 6.07) is 4.85. The lowest BCUT2D eigenvalue weighted by atomic mass is 10.0. The Bertz CT molecular complexity index is 211. The lowest BCUT2D eigenvalue weighted by molar-refractivity contribution is 0.448. The zero-order valence-corrected chi connectivity index (χ0v) is 9.03. The summed E-state index contributed by atoms with van der Waals surface area (Å²) in [6.07, 6.45) is 8.30. The van der Waals surface area contributed by atoms with Crippen LogP contribution in [0.3, 0.4) is 0 Å². The Labute approximate surface area is 81.8 Å². The first kappa shape index (κ1) is 10.4. The summed E-state index contributed by atoms with van der Waals surface area (Å²) in [5, 5.41) is 0. The van der Waals surface area contributed by atoms with Gasteiger partial charge in [-0.2, -0.15) is 0 Å². The van der Waals surface area contributed by atoms with Crippen molar-refractivity contribution >= 4 is 0 Å². The van der Waals surface area contributed by atoms with Gasteiger partial charge in [0.25, 0.3) is 0 Å². The Morgan fingerprint density at radius 2 is 1.62 bits per heavy atom. The minimum absolute atomic E-state index is 0.661. The maximum Gasteiger partial charge on any atom is 0.0302 e. The SMILES string of the molecule is CC(C)CCCC(C)n1cccc1. The average Bonchev–Trinajstić information content (AvgIpc) is 2.55. The second-order valence-corrected chi connectivity index (χ2v) is 4.30. The fourth-order valence-electron chi connectivity index (χ4n) is 1.61. The van der Waals surface area contributed by atoms with E-state index in [1.807, 2.05) is 0 Å². The number of aromatic nitrogens is 1. The molecule has 1 nitrogen and oxygen atoms in total. The highest BCUT2D eigenvalue weighted by atomic mass is 15.0. The van der Waals surface area contributed by atoms with E-state index in [1.165, 1.54) is 19.3 Å². The van der Waals surface area contributed by atoms with Gasteiger partial charge in [-0.15, -0.1) is 0 Å². The molecular weight excluding hydrogens is 158 g/mol. The summed E-state index contributed by atoms with van der Waals surface area (Å²) in [6.45, 7) is 6.88. The third-order valence-corrected chi connectivity index (χ3v) is 2.54. The molecule has 0 aliphatic carbocycles. The van der Waals surface area contributed by atoms with E-state index in [1.54, 1.807) is 0 Å². The van der Waals surface area contributed by atoms with Crippen molar-refractivity contribution in [3.05, 3.63) is 24.5 Å². The monoisotopic (exact) mass is 179 g/mol. The number of nitrogens with zero attached hydrogens (tertiary/aromatic N) is 1. The van der Waals surface area contributed by atoms with E-state index in [0.29, 0.717) is 6.04 Å². The van der Waals surface area contributed by atoms with Crippen LogP contribution >= 0.6 is 0 Å². The quantitative estimate of drug-likeness (QED) is 0.646. The molecule has 1 aromatic rings. The van der Waals surface area contributed by atoms with Gasteiger partial charge in [0.15, 0.2) is 0 Å². The summed E-state index contributed by atoms with van der Waals surface area (Å²) in [4.78, 5) is 0. The van der Waals surface area contributed by atoms with Crippen molar-refractivity contribution in [3.8, 4) is 0 Å². The number of rotatable bonds is 5. The normalized spacial score (nSPS) is 13.5. The Morgan fingerprint density at radius 3 is 2.15 bits per heavy atom. The minimum Gasteiger partial charge on any atom is -0.352 e. The van der Waals surface area contributed by atoms with E-state index in [2.05, 4.69) is 49.9 Å². The Balaban J connectivity index is 2.22. The van der Waals surface area contributed by atoms with Gasteiger partial charge in [-0.05, 0) is 31.4 Å². The van der Waals surface area contributed by atoms with Crippen molar-refractivity contribution in [1.29, 1.82) is 0 Å². The fourth-order valence-corrected chi connectivity index (χ4v) is 1.61. The molecule has 1 aromatic heterocycles. The molecule has 1 atom stereocenters. The van der Waals surface area contributed by atoms with Gasteiger partial charge in [-0.25, -0.2) is 0 Å². The molecule has 0 fully saturated rings. The van der Waals surface area contributed by atoms with E-state index < -0.39 is 0 Å². The Kier molecular flexibility index (Phi) is 4.07. The Morgan fingerprint density at radius 1 is 1.00 bits per heavy atom. The first-order valence-corrected chi connectivity index (χ1v) is 5.32. The Hall–Kier alpha value is -0.720. The van der Waals surface area contributed by atoms with Crippen LogP contribution in [-0.4, -0.2) is 4.57 Å². The summed E-state index contributed by atoms with van der Waals surface area (Å²) in [5.74, 6) is 0.844. The standard InChI is InChI=1S/C12H21N/c1-11(2)7-6-8-12(3)13-9-4-5-10-13/h4-5,9-12H,6-8H2,1-3H3. The molecule has 13 heavy (non-hydrogen) atoms. The topological polar surface area (TPSA) is 4.93 Å². The van der Waals surface area contributed by atoms with E-state index in [0.717, 1.165) is 5.92 Å². The maximum absolute atomic E-state index is 2.29. The maximum atomic E-state index is 2.29. The molecule has 0 radical (unpaired) electrons. The van der Waals surface area contributed by atoms with Crippen LogP contribution in [0, 0.1) is 5.92 Å². The second kappa shape index (κ2) is 5.11. The third kappa shape index (κ3) is 3.67. The van der Waals surface area contributed by atoms with Gasteiger partial charge in [-0.3, -0.25) is 0 Å². The third-order valence-electron chi connectivity index (χ3n) is 2.54. The molecular formula is C12H21N. The zero-order chi connectivity index (χ0) is 9.68. The van der Waals surface area contributed by atoms with Crippen LogP contribution in [0.15, 0.2) is 24.5 Å². The molecule has 0 spiro atoms. The van der Waals surface area contributed by atoms with Crippen molar-refractivity contribution < 1.29 is 0 Å². The van der Waals surface area contributed by atoms with Crippen molar-refractivity contribution in [1.82, 2.24) is 4.57 Å². The molecule has 1 unspecified atom stereocenters. The van der Waals surface area contributed by atoms with Crippen LogP contribution in [0.25, 0.3) is 0 Å². The van der Waals surface area contributed by atoms with Gasteiger partial charge in [-0.1, -0.05) is 26.7 Å². The van der Waals surface area contributed by atoms with Gasteiger partial charge in [0.05, 0.1) is 0 Å². The fraction of sp³-hybridized carbons (Fsp3) is 0.667. The predicted octanol–water partition coefficient (Wildman–Crippen LogP) is 3.88. The lowest BCUT2D eigenvalue weighted by Gasteiger charge is -2.13.